The van der Waals surface area contributed by atoms with Crippen molar-refractivity contribution in [1.29, 1.82) is 0 Å². The van der Waals surface area contributed by atoms with Gasteiger partial charge in [0, 0.05) is 7.05 Å². The lowest BCUT2D eigenvalue weighted by Gasteiger charge is -2.04. The maximum Gasteiger partial charge on any atom is 0.316 e. The van der Waals surface area contributed by atoms with Gasteiger partial charge in [0.2, 0.25) is 5.88 Å². The lowest BCUT2D eigenvalue weighted by molar-refractivity contribution is 0.369. The second-order valence-electron chi connectivity index (χ2n) is 4.44. The molecule has 110 valence electrons. The molecule has 21 heavy (non-hydrogen) atoms. The zero-order valence-electron chi connectivity index (χ0n) is 12.0. The maximum atomic E-state index is 5.58. The fourth-order valence-corrected chi connectivity index (χ4v) is 2.74. The van der Waals surface area contributed by atoms with Crippen LogP contribution in [0.15, 0.2) is 21.9 Å². The van der Waals surface area contributed by atoms with Crippen molar-refractivity contribution in [3.63, 3.8) is 0 Å². The number of aromatic nitrogens is 4. The molecule has 0 amide bonds. The molecular formula is C13H15N5O2S. The summed E-state index contributed by atoms with van der Waals surface area (Å²) in [5.41, 5.74) is 1.87. The number of rotatable bonds is 5. The summed E-state index contributed by atoms with van der Waals surface area (Å²) in [5, 5.41) is 17.4. The van der Waals surface area contributed by atoms with Gasteiger partial charge in [-0.05, 0) is 18.4 Å². The van der Waals surface area contributed by atoms with Gasteiger partial charge in [0.05, 0.1) is 29.8 Å². The second kappa shape index (κ2) is 5.57. The first-order valence-corrected chi connectivity index (χ1v) is 7.24. The SMILES string of the molecule is COc1c(CNc2nnc(-c3cccs3)o2)c(C)nn1C. The summed E-state index contributed by atoms with van der Waals surface area (Å²) in [4.78, 5) is 0.950. The average molecular weight is 305 g/mol. The Morgan fingerprint density at radius 1 is 1.43 bits per heavy atom. The molecule has 0 aliphatic carbocycles. The average Bonchev–Trinajstić information content (AvgIpc) is 3.16. The second-order valence-corrected chi connectivity index (χ2v) is 5.39. The minimum Gasteiger partial charge on any atom is -0.481 e. The van der Waals surface area contributed by atoms with Crippen molar-refractivity contribution in [3.8, 4) is 16.6 Å². The first kappa shape index (κ1) is 13.6. The van der Waals surface area contributed by atoms with Crippen LogP contribution in [0.2, 0.25) is 0 Å². The van der Waals surface area contributed by atoms with Crippen LogP contribution < -0.4 is 10.1 Å². The van der Waals surface area contributed by atoms with E-state index < -0.39 is 0 Å². The van der Waals surface area contributed by atoms with Crippen molar-refractivity contribution in [2.45, 2.75) is 13.5 Å². The van der Waals surface area contributed by atoms with E-state index >= 15 is 0 Å². The van der Waals surface area contributed by atoms with Crippen LogP contribution in [0.3, 0.4) is 0 Å². The van der Waals surface area contributed by atoms with Crippen LogP contribution in [0.25, 0.3) is 10.8 Å². The maximum absolute atomic E-state index is 5.58. The highest BCUT2D eigenvalue weighted by Crippen LogP contribution is 2.26. The molecule has 0 fully saturated rings. The third-order valence-electron chi connectivity index (χ3n) is 3.06. The topological polar surface area (TPSA) is 78.0 Å². The zero-order chi connectivity index (χ0) is 14.8. The highest BCUT2D eigenvalue weighted by Gasteiger charge is 2.15. The van der Waals surface area contributed by atoms with Gasteiger partial charge in [0.15, 0.2) is 0 Å². The lowest BCUT2D eigenvalue weighted by atomic mass is 10.2. The Kier molecular flexibility index (Phi) is 3.61. The van der Waals surface area contributed by atoms with Gasteiger partial charge < -0.3 is 14.5 Å². The number of ether oxygens (including phenoxy) is 1. The Balaban J connectivity index is 1.74. The van der Waals surface area contributed by atoms with E-state index in [9.17, 15) is 0 Å². The molecule has 3 aromatic rings. The predicted octanol–water partition coefficient (Wildman–Crippen LogP) is 2.46. The molecule has 3 heterocycles. The number of hydrogen-bond donors (Lipinski definition) is 1. The third-order valence-corrected chi connectivity index (χ3v) is 3.91. The fraction of sp³-hybridized carbons (Fsp3) is 0.308. The van der Waals surface area contributed by atoms with Crippen LogP contribution in [0.1, 0.15) is 11.3 Å². The number of anilines is 1. The van der Waals surface area contributed by atoms with Gasteiger partial charge >= 0.3 is 6.01 Å². The van der Waals surface area contributed by atoms with Crippen LogP contribution in [0, 0.1) is 6.92 Å². The summed E-state index contributed by atoms with van der Waals surface area (Å²) in [7, 11) is 3.47. The molecule has 3 rings (SSSR count). The van der Waals surface area contributed by atoms with E-state index in [-0.39, 0.29) is 0 Å². The Morgan fingerprint density at radius 3 is 3.00 bits per heavy atom. The molecule has 0 saturated heterocycles. The number of hydrogen-bond acceptors (Lipinski definition) is 7. The highest BCUT2D eigenvalue weighted by molar-refractivity contribution is 7.13. The molecule has 0 radical (unpaired) electrons. The Bertz CT molecular complexity index is 732. The third kappa shape index (κ3) is 2.62. The van der Waals surface area contributed by atoms with Crippen LogP contribution in [-0.4, -0.2) is 27.1 Å². The molecule has 1 N–H and O–H groups in total. The summed E-state index contributed by atoms with van der Waals surface area (Å²) in [5.74, 6) is 1.24. The number of methoxy groups -OCH3 is 1. The minimum absolute atomic E-state index is 0.378. The van der Waals surface area contributed by atoms with Crippen molar-refractivity contribution >= 4 is 17.4 Å². The van der Waals surface area contributed by atoms with Crippen LogP contribution in [0.5, 0.6) is 5.88 Å². The Hall–Kier alpha value is -2.35. The van der Waals surface area contributed by atoms with E-state index in [0.717, 1.165) is 22.0 Å². The molecule has 0 aliphatic heterocycles. The molecule has 0 spiro atoms. The lowest BCUT2D eigenvalue weighted by Crippen LogP contribution is -2.03. The van der Waals surface area contributed by atoms with E-state index in [1.54, 1.807) is 23.1 Å². The quantitative estimate of drug-likeness (QED) is 0.780. The minimum atomic E-state index is 0.378. The molecule has 0 bridgehead atoms. The molecule has 7 nitrogen and oxygen atoms in total. The Labute approximate surface area is 125 Å². The predicted molar refractivity (Wildman–Crippen MR) is 79.4 cm³/mol. The van der Waals surface area contributed by atoms with Gasteiger partial charge in [0.1, 0.15) is 0 Å². The number of nitrogens with one attached hydrogen (secondary N) is 1. The van der Waals surface area contributed by atoms with Gasteiger partial charge in [-0.1, -0.05) is 11.2 Å². The summed E-state index contributed by atoms with van der Waals surface area (Å²) in [6.45, 7) is 2.44. The van der Waals surface area contributed by atoms with E-state index in [0.29, 0.717) is 18.5 Å². The number of thiophene rings is 1. The zero-order valence-corrected chi connectivity index (χ0v) is 12.8. The highest BCUT2D eigenvalue weighted by atomic mass is 32.1. The summed E-state index contributed by atoms with van der Waals surface area (Å²) in [6, 6.07) is 4.26. The van der Waals surface area contributed by atoms with E-state index in [2.05, 4.69) is 20.6 Å². The number of nitrogens with zero attached hydrogens (tertiary/aromatic N) is 4. The van der Waals surface area contributed by atoms with Crippen LogP contribution in [-0.2, 0) is 13.6 Å². The normalized spacial score (nSPS) is 10.8. The van der Waals surface area contributed by atoms with Gasteiger partial charge in [0.25, 0.3) is 5.89 Å². The van der Waals surface area contributed by atoms with Crippen molar-refractivity contribution in [2.75, 3.05) is 12.4 Å². The summed E-state index contributed by atoms with van der Waals surface area (Å²) < 4.78 is 12.6. The monoisotopic (exact) mass is 305 g/mol. The first-order chi connectivity index (χ1) is 10.2. The molecule has 3 aromatic heterocycles. The van der Waals surface area contributed by atoms with Gasteiger partial charge in [-0.2, -0.15) is 5.10 Å². The van der Waals surface area contributed by atoms with E-state index in [1.807, 2.05) is 31.5 Å². The molecule has 8 heteroatoms. The fourth-order valence-electron chi connectivity index (χ4n) is 2.10. The van der Waals surface area contributed by atoms with Gasteiger partial charge in [-0.15, -0.1) is 16.4 Å². The number of aryl methyl sites for hydroxylation is 2. The van der Waals surface area contributed by atoms with Crippen LogP contribution >= 0.6 is 11.3 Å². The van der Waals surface area contributed by atoms with Crippen molar-refractivity contribution in [1.82, 2.24) is 20.0 Å². The smallest absolute Gasteiger partial charge is 0.316 e. The van der Waals surface area contributed by atoms with Gasteiger partial charge in [-0.3, -0.25) is 0 Å². The summed E-state index contributed by atoms with van der Waals surface area (Å²) >= 11 is 1.56. The molecule has 0 aliphatic rings. The Morgan fingerprint density at radius 2 is 2.29 bits per heavy atom. The largest absolute Gasteiger partial charge is 0.481 e. The molecular weight excluding hydrogens is 290 g/mol. The van der Waals surface area contributed by atoms with Gasteiger partial charge in [-0.25, -0.2) is 4.68 Å². The van der Waals surface area contributed by atoms with E-state index in [4.69, 9.17) is 9.15 Å². The standard InChI is InChI=1S/C13H15N5O2S/c1-8-9(12(19-3)18(2)17-8)7-14-13-16-15-11(20-13)10-5-4-6-21-10/h4-6H,7H2,1-3H3,(H,14,16). The van der Waals surface area contributed by atoms with Crippen molar-refractivity contribution in [2.24, 2.45) is 7.05 Å². The first-order valence-electron chi connectivity index (χ1n) is 6.36. The van der Waals surface area contributed by atoms with Crippen molar-refractivity contribution < 1.29 is 9.15 Å². The molecule has 0 saturated carbocycles. The summed E-state index contributed by atoms with van der Waals surface area (Å²) in [6.07, 6.45) is 0. The molecule has 0 atom stereocenters. The molecule has 0 aromatic carbocycles. The molecule has 0 unspecified atom stereocenters. The van der Waals surface area contributed by atoms with Crippen molar-refractivity contribution in [3.05, 3.63) is 28.8 Å². The van der Waals surface area contributed by atoms with E-state index in [1.165, 1.54) is 0 Å². The van der Waals surface area contributed by atoms with Crippen LogP contribution in [0.4, 0.5) is 6.01 Å².